The predicted octanol–water partition coefficient (Wildman–Crippen LogP) is 4.72. The molecule has 12 heteroatoms. The van der Waals surface area contributed by atoms with E-state index in [1.165, 1.54) is 22.0 Å². The van der Waals surface area contributed by atoms with Crippen LogP contribution >= 0.6 is 23.6 Å². The van der Waals surface area contributed by atoms with Crippen molar-refractivity contribution in [2.45, 2.75) is 19.1 Å². The fourth-order valence-electron chi connectivity index (χ4n) is 3.49. The summed E-state index contributed by atoms with van der Waals surface area (Å²) in [5.74, 6) is -0.184. The highest BCUT2D eigenvalue weighted by Crippen LogP contribution is 2.38. The topological polar surface area (TPSA) is 75.2 Å². The van der Waals surface area contributed by atoms with E-state index in [4.69, 9.17) is 17.0 Å². The van der Waals surface area contributed by atoms with Crippen LogP contribution in [-0.4, -0.2) is 47.0 Å². The molecule has 1 unspecified atom stereocenters. The molecule has 1 aromatic carbocycles. The van der Waals surface area contributed by atoms with Crippen molar-refractivity contribution in [2.75, 3.05) is 36.5 Å². The summed E-state index contributed by atoms with van der Waals surface area (Å²) in [4.78, 5) is 15.5. The SMILES string of the molecule is CC(C(=O)Nc1ccc(N2CCOCC2)cc1C(F)(F)F)n1c(-c2cccs2)n[nH]c1=S. The van der Waals surface area contributed by atoms with E-state index >= 15 is 0 Å². The number of H-pyrrole nitrogens is 1. The number of morpholine rings is 1. The van der Waals surface area contributed by atoms with Crippen molar-refractivity contribution in [3.05, 3.63) is 46.0 Å². The number of anilines is 2. The van der Waals surface area contributed by atoms with Crippen LogP contribution in [0.2, 0.25) is 0 Å². The first-order chi connectivity index (χ1) is 15.3. The summed E-state index contributed by atoms with van der Waals surface area (Å²) < 4.78 is 48.4. The molecule has 0 saturated carbocycles. The third kappa shape index (κ3) is 4.57. The van der Waals surface area contributed by atoms with Gasteiger partial charge in [0.15, 0.2) is 10.6 Å². The van der Waals surface area contributed by atoms with Crippen molar-refractivity contribution < 1.29 is 22.7 Å². The minimum atomic E-state index is -4.64. The molecule has 1 atom stereocenters. The third-order valence-corrected chi connectivity index (χ3v) is 6.31. The molecule has 1 amide bonds. The van der Waals surface area contributed by atoms with Crippen molar-refractivity contribution in [3.8, 4) is 10.7 Å². The second kappa shape index (κ2) is 9.04. The van der Waals surface area contributed by atoms with Gasteiger partial charge in [-0.05, 0) is 48.8 Å². The van der Waals surface area contributed by atoms with Crippen LogP contribution in [0.25, 0.3) is 10.7 Å². The lowest BCUT2D eigenvalue weighted by atomic mass is 10.1. The molecule has 32 heavy (non-hydrogen) atoms. The summed E-state index contributed by atoms with van der Waals surface area (Å²) >= 11 is 6.67. The summed E-state index contributed by atoms with van der Waals surface area (Å²) in [6.45, 7) is 3.48. The fourth-order valence-corrected chi connectivity index (χ4v) is 4.49. The third-order valence-electron chi connectivity index (χ3n) is 5.16. The molecule has 7 nitrogen and oxygen atoms in total. The van der Waals surface area contributed by atoms with E-state index < -0.39 is 23.7 Å². The first-order valence-electron chi connectivity index (χ1n) is 9.81. The number of hydrogen-bond acceptors (Lipinski definition) is 6. The number of thiophene rings is 1. The minimum absolute atomic E-state index is 0.203. The molecule has 2 aromatic heterocycles. The zero-order chi connectivity index (χ0) is 22.9. The van der Waals surface area contributed by atoms with Gasteiger partial charge in [-0.25, -0.2) is 0 Å². The van der Waals surface area contributed by atoms with Crippen LogP contribution in [0.5, 0.6) is 0 Å². The van der Waals surface area contributed by atoms with Crippen molar-refractivity contribution in [1.82, 2.24) is 14.8 Å². The molecular weight excluding hydrogens is 463 g/mol. The number of carbonyl (C=O) groups excluding carboxylic acids is 1. The van der Waals surface area contributed by atoms with Crippen LogP contribution in [0.4, 0.5) is 24.5 Å². The van der Waals surface area contributed by atoms with E-state index in [1.807, 2.05) is 22.4 Å². The van der Waals surface area contributed by atoms with E-state index in [1.54, 1.807) is 13.0 Å². The quantitative estimate of drug-likeness (QED) is 0.514. The maximum Gasteiger partial charge on any atom is 0.418 e. The standard InChI is InChI=1S/C20H20F3N5O2S2/c1-12(28-17(25-26-19(28)31)16-3-2-10-32-16)18(29)24-15-5-4-13(11-14(15)20(21,22)23)27-6-8-30-9-7-27/h2-5,10-12H,6-9H2,1H3,(H,24,29)(H,26,31). The molecule has 2 N–H and O–H groups in total. The maximum atomic E-state index is 13.8. The van der Waals surface area contributed by atoms with Crippen LogP contribution in [-0.2, 0) is 15.7 Å². The Hall–Kier alpha value is -2.70. The maximum absolute atomic E-state index is 13.8. The zero-order valence-electron chi connectivity index (χ0n) is 17.0. The van der Waals surface area contributed by atoms with Crippen LogP contribution in [0.1, 0.15) is 18.5 Å². The Morgan fingerprint density at radius 1 is 1.31 bits per heavy atom. The Labute approximate surface area is 190 Å². The number of carbonyl (C=O) groups is 1. The molecule has 1 aliphatic rings. The molecule has 0 bridgehead atoms. The average molecular weight is 484 g/mol. The Kier molecular flexibility index (Phi) is 6.35. The van der Waals surface area contributed by atoms with Crippen molar-refractivity contribution in [2.24, 2.45) is 0 Å². The minimum Gasteiger partial charge on any atom is -0.378 e. The zero-order valence-corrected chi connectivity index (χ0v) is 18.6. The van der Waals surface area contributed by atoms with Gasteiger partial charge in [-0.3, -0.25) is 14.5 Å². The van der Waals surface area contributed by atoms with Gasteiger partial charge in [0, 0.05) is 18.8 Å². The van der Waals surface area contributed by atoms with Gasteiger partial charge in [-0.1, -0.05) is 6.07 Å². The van der Waals surface area contributed by atoms with E-state index in [-0.39, 0.29) is 10.5 Å². The second-order valence-electron chi connectivity index (χ2n) is 7.19. The number of amides is 1. The smallest absolute Gasteiger partial charge is 0.378 e. The van der Waals surface area contributed by atoms with Gasteiger partial charge < -0.3 is 15.0 Å². The Morgan fingerprint density at radius 2 is 2.06 bits per heavy atom. The fraction of sp³-hybridized carbons (Fsp3) is 0.350. The van der Waals surface area contributed by atoms with Gasteiger partial charge in [-0.2, -0.15) is 18.3 Å². The first-order valence-corrected chi connectivity index (χ1v) is 11.1. The van der Waals surface area contributed by atoms with Gasteiger partial charge in [0.1, 0.15) is 6.04 Å². The molecule has 1 fully saturated rings. The molecule has 3 aromatic rings. The highest BCUT2D eigenvalue weighted by atomic mass is 32.1. The van der Waals surface area contributed by atoms with Crippen LogP contribution in [0.3, 0.4) is 0 Å². The van der Waals surface area contributed by atoms with E-state index in [0.29, 0.717) is 37.8 Å². The molecule has 0 radical (unpaired) electrons. The van der Waals surface area contributed by atoms with Gasteiger partial charge in [0.05, 0.1) is 29.3 Å². The van der Waals surface area contributed by atoms with Crippen molar-refractivity contribution in [3.63, 3.8) is 0 Å². The Bertz CT molecular complexity index is 1150. The van der Waals surface area contributed by atoms with E-state index in [2.05, 4.69) is 15.5 Å². The van der Waals surface area contributed by atoms with Crippen LogP contribution < -0.4 is 10.2 Å². The van der Waals surface area contributed by atoms with Gasteiger partial charge in [-0.15, -0.1) is 11.3 Å². The van der Waals surface area contributed by atoms with E-state index in [0.717, 1.165) is 10.9 Å². The Balaban J connectivity index is 1.62. The Morgan fingerprint density at radius 3 is 2.72 bits per heavy atom. The molecule has 0 aliphatic carbocycles. The highest BCUT2D eigenvalue weighted by molar-refractivity contribution is 7.71. The lowest BCUT2D eigenvalue weighted by Crippen LogP contribution is -2.36. The summed E-state index contributed by atoms with van der Waals surface area (Å²) in [6, 6.07) is 6.68. The number of aromatic nitrogens is 3. The number of rotatable bonds is 5. The largest absolute Gasteiger partial charge is 0.418 e. The number of hydrogen-bond donors (Lipinski definition) is 2. The van der Waals surface area contributed by atoms with Gasteiger partial charge >= 0.3 is 6.18 Å². The van der Waals surface area contributed by atoms with Gasteiger partial charge in [0.2, 0.25) is 5.91 Å². The first kappa shape index (κ1) is 22.5. The highest BCUT2D eigenvalue weighted by Gasteiger charge is 2.35. The normalized spacial score (nSPS) is 15.6. The number of ether oxygens (including phenoxy) is 1. The van der Waals surface area contributed by atoms with E-state index in [9.17, 15) is 18.0 Å². The second-order valence-corrected chi connectivity index (χ2v) is 8.53. The summed E-state index contributed by atoms with van der Waals surface area (Å²) in [5, 5.41) is 11.1. The number of aromatic amines is 1. The average Bonchev–Trinajstić information content (AvgIpc) is 3.43. The lowest BCUT2D eigenvalue weighted by Gasteiger charge is -2.30. The summed E-state index contributed by atoms with van der Waals surface area (Å²) in [5.41, 5.74) is -0.779. The molecule has 1 saturated heterocycles. The number of nitrogens with zero attached hydrogens (tertiary/aromatic N) is 3. The molecule has 1 aliphatic heterocycles. The van der Waals surface area contributed by atoms with Crippen molar-refractivity contribution >= 4 is 40.8 Å². The molecule has 0 spiro atoms. The number of nitrogens with one attached hydrogen (secondary N) is 2. The predicted molar refractivity (Wildman–Crippen MR) is 119 cm³/mol. The van der Waals surface area contributed by atoms with Crippen LogP contribution in [0, 0.1) is 4.77 Å². The molecular formula is C20H20F3N5O2S2. The monoisotopic (exact) mass is 483 g/mol. The molecule has 3 heterocycles. The van der Waals surface area contributed by atoms with Crippen LogP contribution in [0.15, 0.2) is 35.7 Å². The lowest BCUT2D eigenvalue weighted by molar-refractivity contribution is -0.137. The summed E-state index contributed by atoms with van der Waals surface area (Å²) in [7, 11) is 0. The summed E-state index contributed by atoms with van der Waals surface area (Å²) in [6.07, 6.45) is -4.64. The number of benzene rings is 1. The number of halogens is 3. The van der Waals surface area contributed by atoms with Gasteiger partial charge in [0.25, 0.3) is 0 Å². The number of alkyl halides is 3. The molecule has 170 valence electrons. The van der Waals surface area contributed by atoms with Crippen molar-refractivity contribution in [1.29, 1.82) is 0 Å². The molecule has 4 rings (SSSR count).